The first-order valence-electron chi connectivity index (χ1n) is 9.76. The van der Waals surface area contributed by atoms with E-state index in [4.69, 9.17) is 9.47 Å². The maximum absolute atomic E-state index is 6.18. The first-order valence-corrected chi connectivity index (χ1v) is 10.6. The number of benzene rings is 1. The summed E-state index contributed by atoms with van der Waals surface area (Å²) < 4.78 is 11.6. The zero-order valence-corrected chi connectivity index (χ0v) is 20.7. The zero-order chi connectivity index (χ0) is 19.9. The number of thiazole rings is 1. The topological polar surface area (TPSA) is 67.8 Å². The van der Waals surface area contributed by atoms with E-state index in [1.807, 2.05) is 6.92 Å². The molecule has 0 aliphatic carbocycles. The highest BCUT2D eigenvalue weighted by molar-refractivity contribution is 14.0. The number of halogens is 1. The lowest BCUT2D eigenvalue weighted by molar-refractivity contribution is 0.140. The van der Waals surface area contributed by atoms with Gasteiger partial charge in [0.2, 0.25) is 0 Å². The van der Waals surface area contributed by atoms with Gasteiger partial charge in [0.25, 0.3) is 0 Å². The Morgan fingerprint density at radius 2 is 2.14 bits per heavy atom. The minimum absolute atomic E-state index is 0. The molecule has 3 rings (SSSR count). The molecule has 29 heavy (non-hydrogen) atoms. The van der Waals surface area contributed by atoms with Crippen LogP contribution in [0.5, 0.6) is 5.75 Å². The predicted octanol–water partition coefficient (Wildman–Crippen LogP) is 3.76. The summed E-state index contributed by atoms with van der Waals surface area (Å²) in [6.07, 6.45) is 2.03. The molecule has 1 aromatic heterocycles. The summed E-state index contributed by atoms with van der Waals surface area (Å²) in [6, 6.07) is 6.32. The Kier molecular flexibility index (Phi) is 9.64. The third kappa shape index (κ3) is 7.11. The van der Waals surface area contributed by atoms with E-state index in [2.05, 4.69) is 52.7 Å². The smallest absolute Gasteiger partial charge is 0.191 e. The van der Waals surface area contributed by atoms with Gasteiger partial charge in [-0.3, -0.25) is 4.99 Å². The lowest BCUT2D eigenvalue weighted by Crippen LogP contribution is -2.38. The molecule has 160 valence electrons. The van der Waals surface area contributed by atoms with Crippen molar-refractivity contribution in [1.29, 1.82) is 0 Å². The monoisotopic (exact) mass is 530 g/mol. The highest BCUT2D eigenvalue weighted by atomic mass is 127. The standard InChI is InChI=1S/C21H30N4O2S.HI/c1-14-5-6-17(19(11-14)27-18-8-10-26-13-18)12-24-21(22-4)23-9-7-20-15(2)25-16(3)28-20;/h5-6,11,18H,7-10,12-13H2,1-4H3,(H2,22,23,24);1H. The van der Waals surface area contributed by atoms with Crippen LogP contribution in [0.3, 0.4) is 0 Å². The van der Waals surface area contributed by atoms with Crippen molar-refractivity contribution in [2.45, 2.75) is 46.3 Å². The van der Waals surface area contributed by atoms with Crippen LogP contribution in [0.4, 0.5) is 0 Å². The van der Waals surface area contributed by atoms with Crippen LogP contribution in [-0.4, -0.2) is 43.9 Å². The average molecular weight is 530 g/mol. The first kappa shape index (κ1) is 23.9. The molecule has 1 saturated heterocycles. The number of guanidine groups is 1. The molecule has 2 N–H and O–H groups in total. The highest BCUT2D eigenvalue weighted by Crippen LogP contribution is 2.24. The van der Waals surface area contributed by atoms with E-state index in [0.29, 0.717) is 13.2 Å². The van der Waals surface area contributed by atoms with Crippen molar-refractivity contribution in [2.24, 2.45) is 4.99 Å². The van der Waals surface area contributed by atoms with Gasteiger partial charge in [-0.2, -0.15) is 0 Å². The average Bonchev–Trinajstić information content (AvgIpc) is 3.28. The van der Waals surface area contributed by atoms with Gasteiger partial charge in [-0.25, -0.2) is 4.98 Å². The van der Waals surface area contributed by atoms with Gasteiger partial charge in [-0.15, -0.1) is 35.3 Å². The summed E-state index contributed by atoms with van der Waals surface area (Å²) in [7, 11) is 1.79. The number of aryl methyl sites for hydroxylation is 3. The zero-order valence-electron chi connectivity index (χ0n) is 17.6. The van der Waals surface area contributed by atoms with Crippen LogP contribution in [-0.2, 0) is 17.7 Å². The van der Waals surface area contributed by atoms with Crippen molar-refractivity contribution in [1.82, 2.24) is 15.6 Å². The second-order valence-corrected chi connectivity index (χ2v) is 8.35. The fourth-order valence-electron chi connectivity index (χ4n) is 3.20. The molecule has 8 heteroatoms. The second kappa shape index (κ2) is 11.7. The Labute approximate surface area is 194 Å². The second-order valence-electron chi connectivity index (χ2n) is 7.06. The maximum atomic E-state index is 6.18. The summed E-state index contributed by atoms with van der Waals surface area (Å²) in [5.41, 5.74) is 3.44. The van der Waals surface area contributed by atoms with Crippen molar-refractivity contribution >= 4 is 41.3 Å². The van der Waals surface area contributed by atoms with Crippen LogP contribution in [0.15, 0.2) is 23.2 Å². The van der Waals surface area contributed by atoms with Crippen LogP contribution >= 0.6 is 35.3 Å². The number of aliphatic imine (C=N–C) groups is 1. The third-order valence-electron chi connectivity index (χ3n) is 4.72. The van der Waals surface area contributed by atoms with Crippen LogP contribution in [0.25, 0.3) is 0 Å². The number of nitrogens with zero attached hydrogens (tertiary/aromatic N) is 2. The van der Waals surface area contributed by atoms with Crippen LogP contribution in [0.2, 0.25) is 0 Å². The molecule has 1 atom stereocenters. The van der Waals surface area contributed by atoms with E-state index in [9.17, 15) is 0 Å². The van der Waals surface area contributed by atoms with Crippen molar-refractivity contribution in [3.05, 3.63) is 44.9 Å². The molecule has 1 aliphatic heterocycles. The van der Waals surface area contributed by atoms with Crippen LogP contribution in [0.1, 0.15) is 33.1 Å². The van der Waals surface area contributed by atoms with Gasteiger partial charge in [0.05, 0.1) is 23.9 Å². The van der Waals surface area contributed by atoms with Crippen molar-refractivity contribution in [3.8, 4) is 5.75 Å². The van der Waals surface area contributed by atoms with E-state index < -0.39 is 0 Å². The number of hydrogen-bond donors (Lipinski definition) is 2. The molecular formula is C21H31IN4O2S. The normalized spacial score (nSPS) is 16.4. The lowest BCUT2D eigenvalue weighted by atomic mass is 10.1. The van der Waals surface area contributed by atoms with Gasteiger partial charge >= 0.3 is 0 Å². The van der Waals surface area contributed by atoms with E-state index in [0.717, 1.165) is 54.0 Å². The maximum Gasteiger partial charge on any atom is 0.191 e. The van der Waals surface area contributed by atoms with Crippen LogP contribution < -0.4 is 15.4 Å². The van der Waals surface area contributed by atoms with Crippen molar-refractivity contribution in [3.63, 3.8) is 0 Å². The quantitative estimate of drug-likeness (QED) is 0.324. The molecule has 1 aromatic carbocycles. The van der Waals surface area contributed by atoms with Crippen molar-refractivity contribution < 1.29 is 9.47 Å². The van der Waals surface area contributed by atoms with Gasteiger partial charge in [0, 0.05) is 43.4 Å². The van der Waals surface area contributed by atoms with E-state index in [1.54, 1.807) is 18.4 Å². The summed E-state index contributed by atoms with van der Waals surface area (Å²) in [5.74, 6) is 1.71. The fourth-order valence-corrected chi connectivity index (χ4v) is 4.14. The molecule has 0 radical (unpaired) electrons. The van der Waals surface area contributed by atoms with Crippen molar-refractivity contribution in [2.75, 3.05) is 26.8 Å². The first-order chi connectivity index (χ1) is 13.5. The molecule has 6 nitrogen and oxygen atoms in total. The molecular weight excluding hydrogens is 499 g/mol. The summed E-state index contributed by atoms with van der Waals surface area (Å²) in [5, 5.41) is 7.90. The number of nitrogens with one attached hydrogen (secondary N) is 2. The Morgan fingerprint density at radius 1 is 1.31 bits per heavy atom. The van der Waals surface area contributed by atoms with E-state index >= 15 is 0 Å². The summed E-state index contributed by atoms with van der Waals surface area (Å²) in [4.78, 5) is 10.1. The minimum Gasteiger partial charge on any atom is -0.488 e. The third-order valence-corrected chi connectivity index (χ3v) is 5.85. The molecule has 0 spiro atoms. The Balaban J connectivity index is 0.00000300. The molecule has 1 aliphatic rings. The van der Waals surface area contributed by atoms with Gasteiger partial charge in [-0.05, 0) is 32.4 Å². The number of ether oxygens (including phenoxy) is 2. The molecule has 0 amide bonds. The van der Waals surface area contributed by atoms with Gasteiger partial charge < -0.3 is 20.1 Å². The molecule has 1 unspecified atom stereocenters. The minimum atomic E-state index is 0. The van der Waals surface area contributed by atoms with Gasteiger partial charge in [-0.1, -0.05) is 12.1 Å². The molecule has 0 bridgehead atoms. The highest BCUT2D eigenvalue weighted by Gasteiger charge is 2.18. The van der Waals surface area contributed by atoms with E-state index in [-0.39, 0.29) is 30.1 Å². The van der Waals surface area contributed by atoms with Crippen LogP contribution in [0, 0.1) is 20.8 Å². The molecule has 2 aromatic rings. The molecule has 2 heterocycles. The van der Waals surface area contributed by atoms with E-state index in [1.165, 1.54) is 10.4 Å². The summed E-state index contributed by atoms with van der Waals surface area (Å²) >= 11 is 1.76. The Morgan fingerprint density at radius 3 is 2.79 bits per heavy atom. The van der Waals surface area contributed by atoms with Gasteiger partial charge in [0.15, 0.2) is 5.96 Å². The Bertz CT molecular complexity index is 819. The summed E-state index contributed by atoms with van der Waals surface area (Å²) in [6.45, 7) is 9.12. The number of hydrogen-bond acceptors (Lipinski definition) is 5. The molecule has 1 fully saturated rings. The van der Waals surface area contributed by atoms with Gasteiger partial charge in [0.1, 0.15) is 11.9 Å². The largest absolute Gasteiger partial charge is 0.488 e. The molecule has 0 saturated carbocycles. The SMILES string of the molecule is CN=C(NCCc1sc(C)nc1C)NCc1ccc(C)cc1OC1CCOC1.I. The Hall–Kier alpha value is -1.39. The fraction of sp³-hybridized carbons (Fsp3) is 0.524. The lowest BCUT2D eigenvalue weighted by Gasteiger charge is -2.18. The predicted molar refractivity (Wildman–Crippen MR) is 130 cm³/mol. The number of aromatic nitrogens is 1. The number of rotatable bonds is 7.